The first kappa shape index (κ1) is 9.51. The number of likely N-dealkylation sites (tertiary alicyclic amines) is 1. The van der Waals surface area contributed by atoms with E-state index in [0.717, 1.165) is 17.3 Å². The number of hydrogen-bond acceptors (Lipinski definition) is 1. The van der Waals surface area contributed by atoms with Gasteiger partial charge in [0.25, 0.3) is 0 Å². The molecule has 1 aliphatic carbocycles. The molecule has 2 unspecified atom stereocenters. The van der Waals surface area contributed by atoms with Crippen LogP contribution in [0.15, 0.2) is 0 Å². The molecule has 1 saturated carbocycles. The molecule has 0 N–H and O–H groups in total. The zero-order valence-electron chi connectivity index (χ0n) is 9.34. The van der Waals surface area contributed by atoms with Crippen molar-refractivity contribution in [3.63, 3.8) is 0 Å². The van der Waals surface area contributed by atoms with E-state index in [1.807, 2.05) is 0 Å². The van der Waals surface area contributed by atoms with Crippen molar-refractivity contribution >= 4 is 0 Å². The predicted molar refractivity (Wildman–Crippen MR) is 56.7 cm³/mol. The Kier molecular flexibility index (Phi) is 2.39. The second-order valence-corrected chi connectivity index (χ2v) is 5.29. The average molecular weight is 181 g/mol. The van der Waals surface area contributed by atoms with E-state index in [-0.39, 0.29) is 0 Å². The lowest BCUT2D eigenvalue weighted by Gasteiger charge is -2.28. The van der Waals surface area contributed by atoms with Crippen LogP contribution in [0.5, 0.6) is 0 Å². The fraction of sp³-hybridized carbons (Fsp3) is 1.00. The Bertz CT molecular complexity index is 184. The molecule has 13 heavy (non-hydrogen) atoms. The maximum Gasteiger partial charge on any atom is 0.00125 e. The summed E-state index contributed by atoms with van der Waals surface area (Å²) in [7, 11) is 2.27. The normalized spacial score (nSPS) is 34.8. The number of rotatable bonds is 3. The molecule has 2 atom stereocenters. The van der Waals surface area contributed by atoms with Gasteiger partial charge in [0.05, 0.1) is 0 Å². The van der Waals surface area contributed by atoms with Gasteiger partial charge in [0.2, 0.25) is 0 Å². The van der Waals surface area contributed by atoms with Crippen LogP contribution >= 0.6 is 0 Å². The summed E-state index contributed by atoms with van der Waals surface area (Å²) < 4.78 is 0. The van der Waals surface area contributed by atoms with Crippen molar-refractivity contribution in [2.24, 2.45) is 17.3 Å². The van der Waals surface area contributed by atoms with Gasteiger partial charge in [0.15, 0.2) is 0 Å². The standard InChI is InChI=1S/C12H23N/c1-4-10(2)12(6-7-12)11-5-8-13(3)9-11/h10-11H,4-9H2,1-3H3. The van der Waals surface area contributed by atoms with Crippen molar-refractivity contribution in [3.05, 3.63) is 0 Å². The molecule has 0 aromatic heterocycles. The van der Waals surface area contributed by atoms with Crippen LogP contribution in [0, 0.1) is 17.3 Å². The average Bonchev–Trinajstić information content (AvgIpc) is 2.83. The minimum absolute atomic E-state index is 0.777. The van der Waals surface area contributed by atoms with Gasteiger partial charge in [-0.3, -0.25) is 0 Å². The van der Waals surface area contributed by atoms with Gasteiger partial charge in [-0.15, -0.1) is 0 Å². The van der Waals surface area contributed by atoms with Gasteiger partial charge in [-0.25, -0.2) is 0 Å². The molecule has 1 aliphatic heterocycles. The van der Waals surface area contributed by atoms with E-state index < -0.39 is 0 Å². The van der Waals surface area contributed by atoms with Crippen LogP contribution in [0.25, 0.3) is 0 Å². The van der Waals surface area contributed by atoms with E-state index >= 15 is 0 Å². The molecule has 2 fully saturated rings. The molecule has 0 radical (unpaired) electrons. The molecule has 76 valence electrons. The SMILES string of the molecule is CCC(C)C1(C2CCN(C)C2)CC1. The largest absolute Gasteiger partial charge is 0.306 e. The highest BCUT2D eigenvalue weighted by atomic mass is 15.1. The Morgan fingerprint density at radius 1 is 1.46 bits per heavy atom. The van der Waals surface area contributed by atoms with Crippen LogP contribution < -0.4 is 0 Å². The van der Waals surface area contributed by atoms with Crippen molar-refractivity contribution in [2.45, 2.75) is 39.5 Å². The van der Waals surface area contributed by atoms with E-state index in [4.69, 9.17) is 0 Å². The highest BCUT2D eigenvalue weighted by molar-refractivity contribution is 5.03. The third-order valence-electron chi connectivity index (χ3n) is 4.63. The van der Waals surface area contributed by atoms with E-state index in [0.29, 0.717) is 0 Å². The minimum Gasteiger partial charge on any atom is -0.306 e. The zero-order chi connectivity index (χ0) is 9.47. The van der Waals surface area contributed by atoms with E-state index in [1.165, 1.54) is 38.8 Å². The van der Waals surface area contributed by atoms with Gasteiger partial charge in [0.1, 0.15) is 0 Å². The van der Waals surface area contributed by atoms with Crippen molar-refractivity contribution in [1.29, 1.82) is 0 Å². The maximum absolute atomic E-state index is 2.51. The lowest BCUT2D eigenvalue weighted by molar-refractivity contribution is 0.208. The molecule has 1 saturated heterocycles. The molecule has 2 rings (SSSR count). The quantitative estimate of drug-likeness (QED) is 0.647. The summed E-state index contributed by atoms with van der Waals surface area (Å²) in [5, 5.41) is 0. The second-order valence-electron chi connectivity index (χ2n) is 5.29. The van der Waals surface area contributed by atoms with Gasteiger partial charge in [0, 0.05) is 6.54 Å². The lowest BCUT2D eigenvalue weighted by Crippen LogP contribution is -2.25. The van der Waals surface area contributed by atoms with E-state index in [2.05, 4.69) is 25.8 Å². The first-order valence-corrected chi connectivity index (χ1v) is 5.87. The van der Waals surface area contributed by atoms with Gasteiger partial charge in [-0.1, -0.05) is 20.3 Å². The fourth-order valence-electron chi connectivity index (χ4n) is 3.26. The highest BCUT2D eigenvalue weighted by Crippen LogP contribution is 2.60. The van der Waals surface area contributed by atoms with Gasteiger partial charge >= 0.3 is 0 Å². The lowest BCUT2D eigenvalue weighted by atomic mass is 9.77. The Hall–Kier alpha value is -0.0400. The summed E-state index contributed by atoms with van der Waals surface area (Å²) in [5.74, 6) is 1.98. The Labute approximate surface area is 82.5 Å². The second kappa shape index (κ2) is 3.27. The molecular formula is C12H23N. The van der Waals surface area contributed by atoms with Gasteiger partial charge in [-0.05, 0) is 50.1 Å². The summed E-state index contributed by atoms with van der Waals surface area (Å²) in [5.41, 5.74) is 0.777. The first-order chi connectivity index (χ1) is 6.19. The summed E-state index contributed by atoms with van der Waals surface area (Å²) in [6.45, 7) is 7.52. The molecule has 1 heteroatoms. The van der Waals surface area contributed by atoms with Crippen molar-refractivity contribution in [1.82, 2.24) is 4.90 Å². The third-order valence-corrected chi connectivity index (χ3v) is 4.63. The molecule has 1 heterocycles. The Balaban J connectivity index is 1.99. The topological polar surface area (TPSA) is 3.24 Å². The van der Waals surface area contributed by atoms with Gasteiger partial charge < -0.3 is 4.90 Å². The molecular weight excluding hydrogens is 158 g/mol. The van der Waals surface area contributed by atoms with Crippen LogP contribution in [0.4, 0.5) is 0 Å². The first-order valence-electron chi connectivity index (χ1n) is 5.87. The van der Waals surface area contributed by atoms with Crippen molar-refractivity contribution in [3.8, 4) is 0 Å². The summed E-state index contributed by atoms with van der Waals surface area (Å²) >= 11 is 0. The van der Waals surface area contributed by atoms with Crippen LogP contribution in [-0.4, -0.2) is 25.0 Å². The Morgan fingerprint density at radius 3 is 2.54 bits per heavy atom. The predicted octanol–water partition coefficient (Wildman–Crippen LogP) is 2.76. The zero-order valence-corrected chi connectivity index (χ0v) is 9.34. The highest BCUT2D eigenvalue weighted by Gasteiger charge is 2.53. The summed E-state index contributed by atoms with van der Waals surface area (Å²) in [4.78, 5) is 2.51. The van der Waals surface area contributed by atoms with Crippen LogP contribution in [0.2, 0.25) is 0 Å². The Morgan fingerprint density at radius 2 is 2.15 bits per heavy atom. The molecule has 0 aromatic carbocycles. The van der Waals surface area contributed by atoms with Crippen LogP contribution in [0.1, 0.15) is 39.5 Å². The molecule has 2 aliphatic rings. The van der Waals surface area contributed by atoms with Crippen molar-refractivity contribution in [2.75, 3.05) is 20.1 Å². The fourth-order valence-corrected chi connectivity index (χ4v) is 3.26. The maximum atomic E-state index is 2.51. The van der Waals surface area contributed by atoms with E-state index in [1.54, 1.807) is 0 Å². The van der Waals surface area contributed by atoms with Crippen LogP contribution in [0.3, 0.4) is 0 Å². The summed E-state index contributed by atoms with van der Waals surface area (Å²) in [6, 6.07) is 0. The van der Waals surface area contributed by atoms with Crippen LogP contribution in [-0.2, 0) is 0 Å². The monoisotopic (exact) mass is 181 g/mol. The van der Waals surface area contributed by atoms with Gasteiger partial charge in [-0.2, -0.15) is 0 Å². The molecule has 1 nitrogen and oxygen atoms in total. The number of nitrogens with zero attached hydrogens (tertiary/aromatic N) is 1. The molecule has 0 aromatic rings. The minimum atomic E-state index is 0.777. The number of hydrogen-bond donors (Lipinski definition) is 0. The van der Waals surface area contributed by atoms with Crippen molar-refractivity contribution < 1.29 is 0 Å². The molecule has 0 bridgehead atoms. The van der Waals surface area contributed by atoms with E-state index in [9.17, 15) is 0 Å². The molecule has 0 amide bonds. The molecule has 0 spiro atoms. The summed E-state index contributed by atoms with van der Waals surface area (Å²) in [6.07, 6.45) is 5.86. The smallest absolute Gasteiger partial charge is 0.00125 e. The third kappa shape index (κ3) is 1.52.